The number of nitrogens with zero attached hydrogens (tertiary/aromatic N) is 2. The Balaban J connectivity index is 2.16. The fourth-order valence-corrected chi connectivity index (χ4v) is 3.19. The maximum absolute atomic E-state index is 12.3. The molecule has 0 saturated heterocycles. The molecular formula is C15H20N2O3S. The Morgan fingerprint density at radius 3 is 2.71 bits per heavy atom. The summed E-state index contributed by atoms with van der Waals surface area (Å²) in [5, 5.41) is 0. The largest absolute Gasteiger partial charge is 0.493 e. The summed E-state index contributed by atoms with van der Waals surface area (Å²) >= 11 is 0. The summed E-state index contributed by atoms with van der Waals surface area (Å²) in [6.07, 6.45) is 7.41. The lowest BCUT2D eigenvalue weighted by atomic mass is 10.2. The lowest BCUT2D eigenvalue weighted by Gasteiger charge is -2.11. The van der Waals surface area contributed by atoms with Crippen molar-refractivity contribution < 1.29 is 13.2 Å². The van der Waals surface area contributed by atoms with E-state index in [9.17, 15) is 8.42 Å². The van der Waals surface area contributed by atoms with Crippen LogP contribution in [0.2, 0.25) is 0 Å². The highest BCUT2D eigenvalue weighted by Gasteiger charge is 2.17. The van der Waals surface area contributed by atoms with Crippen LogP contribution in [0.3, 0.4) is 0 Å². The van der Waals surface area contributed by atoms with Crippen molar-refractivity contribution in [1.29, 1.82) is 0 Å². The number of aromatic nitrogens is 2. The number of ether oxygens (including phenoxy) is 1. The quantitative estimate of drug-likeness (QED) is 0.738. The SMILES string of the molecule is CCCCCOc1ccc(S(=O)(=O)n2ccnc2)cc1C. The molecule has 1 aromatic carbocycles. The number of rotatable bonds is 7. The van der Waals surface area contributed by atoms with Crippen LogP contribution in [0.25, 0.3) is 0 Å². The van der Waals surface area contributed by atoms with Crippen molar-refractivity contribution >= 4 is 10.0 Å². The molecule has 0 saturated carbocycles. The third-order valence-corrected chi connectivity index (χ3v) is 4.83. The molecule has 1 heterocycles. The molecule has 5 nitrogen and oxygen atoms in total. The molecule has 0 fully saturated rings. The van der Waals surface area contributed by atoms with Crippen LogP contribution in [0.4, 0.5) is 0 Å². The second-order valence-corrected chi connectivity index (χ2v) is 6.72. The molecule has 0 amide bonds. The highest BCUT2D eigenvalue weighted by molar-refractivity contribution is 7.90. The molecule has 0 aliphatic heterocycles. The van der Waals surface area contributed by atoms with Gasteiger partial charge in [-0.15, -0.1) is 0 Å². The zero-order valence-corrected chi connectivity index (χ0v) is 13.1. The highest BCUT2D eigenvalue weighted by Crippen LogP contribution is 2.23. The third kappa shape index (κ3) is 3.64. The molecule has 0 spiro atoms. The van der Waals surface area contributed by atoms with Crippen LogP contribution < -0.4 is 4.74 Å². The minimum Gasteiger partial charge on any atom is -0.493 e. The van der Waals surface area contributed by atoms with Crippen LogP contribution >= 0.6 is 0 Å². The van der Waals surface area contributed by atoms with Crippen molar-refractivity contribution in [2.75, 3.05) is 6.61 Å². The average Bonchev–Trinajstić information content (AvgIpc) is 2.99. The second kappa shape index (κ2) is 6.76. The van der Waals surface area contributed by atoms with E-state index in [0.717, 1.165) is 34.5 Å². The lowest BCUT2D eigenvalue weighted by molar-refractivity contribution is 0.304. The number of benzene rings is 1. The number of imidazole rings is 1. The lowest BCUT2D eigenvalue weighted by Crippen LogP contribution is -2.11. The van der Waals surface area contributed by atoms with E-state index in [0.29, 0.717) is 6.61 Å². The molecule has 21 heavy (non-hydrogen) atoms. The first-order chi connectivity index (χ1) is 10.1. The monoisotopic (exact) mass is 308 g/mol. The summed E-state index contributed by atoms with van der Waals surface area (Å²) in [6.45, 7) is 4.64. The fourth-order valence-electron chi connectivity index (χ4n) is 1.99. The van der Waals surface area contributed by atoms with Crippen molar-refractivity contribution in [3.63, 3.8) is 0 Å². The number of hydrogen-bond acceptors (Lipinski definition) is 4. The van der Waals surface area contributed by atoms with Gasteiger partial charge in [0.1, 0.15) is 12.1 Å². The summed E-state index contributed by atoms with van der Waals surface area (Å²) in [5.74, 6) is 0.732. The van der Waals surface area contributed by atoms with Gasteiger partial charge in [0.15, 0.2) is 0 Å². The van der Waals surface area contributed by atoms with E-state index < -0.39 is 10.0 Å². The first kappa shape index (κ1) is 15.6. The molecule has 0 aliphatic carbocycles. The second-order valence-electron chi connectivity index (χ2n) is 4.88. The van der Waals surface area contributed by atoms with Crippen molar-refractivity contribution in [3.05, 3.63) is 42.5 Å². The summed E-state index contributed by atoms with van der Waals surface area (Å²) in [5.41, 5.74) is 0.813. The van der Waals surface area contributed by atoms with E-state index in [1.165, 1.54) is 18.7 Å². The number of hydrogen-bond donors (Lipinski definition) is 0. The van der Waals surface area contributed by atoms with Gasteiger partial charge in [0.05, 0.1) is 11.5 Å². The number of aryl methyl sites for hydroxylation is 1. The molecule has 0 unspecified atom stereocenters. The Morgan fingerprint density at radius 1 is 1.29 bits per heavy atom. The standard InChI is InChI=1S/C15H20N2O3S/c1-3-4-5-10-20-15-7-6-14(11-13(15)2)21(18,19)17-9-8-16-12-17/h6-9,11-12H,3-5,10H2,1-2H3. The van der Waals surface area contributed by atoms with Crippen molar-refractivity contribution in [2.24, 2.45) is 0 Å². The van der Waals surface area contributed by atoms with Crippen molar-refractivity contribution in [3.8, 4) is 5.75 Å². The molecule has 0 N–H and O–H groups in total. The van der Waals surface area contributed by atoms with Crippen LogP contribution in [0, 0.1) is 6.92 Å². The van der Waals surface area contributed by atoms with Gasteiger partial charge in [-0.25, -0.2) is 17.4 Å². The van der Waals surface area contributed by atoms with Gasteiger partial charge in [-0.2, -0.15) is 0 Å². The van der Waals surface area contributed by atoms with Crippen LogP contribution in [0.15, 0.2) is 41.8 Å². The molecule has 2 aromatic rings. The third-order valence-electron chi connectivity index (χ3n) is 3.21. The molecule has 0 aliphatic rings. The maximum atomic E-state index is 12.3. The van der Waals surface area contributed by atoms with Crippen LogP contribution in [0.1, 0.15) is 31.7 Å². The smallest absolute Gasteiger partial charge is 0.268 e. The number of unbranched alkanes of at least 4 members (excludes halogenated alkanes) is 2. The van der Waals surface area contributed by atoms with Crippen molar-refractivity contribution in [1.82, 2.24) is 8.96 Å². The Bertz CT molecular complexity index is 679. The van der Waals surface area contributed by atoms with E-state index in [1.807, 2.05) is 6.92 Å². The van der Waals surface area contributed by atoms with E-state index in [4.69, 9.17) is 4.74 Å². The van der Waals surface area contributed by atoms with Gasteiger partial charge in [0.2, 0.25) is 0 Å². The summed E-state index contributed by atoms with van der Waals surface area (Å²) in [6, 6.07) is 4.91. The van der Waals surface area contributed by atoms with Crippen molar-refractivity contribution in [2.45, 2.75) is 38.0 Å². The molecule has 114 valence electrons. The Morgan fingerprint density at radius 2 is 2.10 bits per heavy atom. The predicted octanol–water partition coefficient (Wildman–Crippen LogP) is 3.00. The van der Waals surface area contributed by atoms with Gasteiger partial charge in [0, 0.05) is 12.4 Å². The van der Waals surface area contributed by atoms with Gasteiger partial charge >= 0.3 is 0 Å². The van der Waals surface area contributed by atoms with Gasteiger partial charge < -0.3 is 4.74 Å². The topological polar surface area (TPSA) is 61.2 Å². The molecule has 6 heteroatoms. The Hall–Kier alpha value is -1.82. The maximum Gasteiger partial charge on any atom is 0.268 e. The van der Waals surface area contributed by atoms with Gasteiger partial charge in [-0.3, -0.25) is 0 Å². The average molecular weight is 308 g/mol. The highest BCUT2D eigenvalue weighted by atomic mass is 32.2. The zero-order chi connectivity index (χ0) is 15.3. The van der Waals surface area contributed by atoms with E-state index >= 15 is 0 Å². The molecule has 0 atom stereocenters. The normalized spacial score (nSPS) is 11.5. The van der Waals surface area contributed by atoms with Gasteiger partial charge in [0.25, 0.3) is 10.0 Å². The summed E-state index contributed by atoms with van der Waals surface area (Å²) in [7, 11) is -3.57. The molecule has 2 rings (SSSR count). The van der Waals surface area contributed by atoms with E-state index in [-0.39, 0.29) is 4.90 Å². The van der Waals surface area contributed by atoms with Gasteiger partial charge in [-0.05, 0) is 37.1 Å². The fraction of sp³-hybridized carbons (Fsp3) is 0.400. The minimum absolute atomic E-state index is 0.235. The van der Waals surface area contributed by atoms with Crippen LogP contribution in [-0.2, 0) is 10.0 Å². The molecule has 1 aromatic heterocycles. The van der Waals surface area contributed by atoms with Crippen LogP contribution in [0.5, 0.6) is 5.75 Å². The summed E-state index contributed by atoms with van der Waals surface area (Å²) < 4.78 is 31.5. The predicted molar refractivity (Wildman–Crippen MR) is 81.0 cm³/mol. The molecule has 0 radical (unpaired) electrons. The zero-order valence-electron chi connectivity index (χ0n) is 12.3. The van der Waals surface area contributed by atoms with Crippen LogP contribution in [-0.4, -0.2) is 24.0 Å². The first-order valence-electron chi connectivity index (χ1n) is 7.02. The van der Waals surface area contributed by atoms with E-state index in [2.05, 4.69) is 11.9 Å². The summed E-state index contributed by atoms with van der Waals surface area (Å²) in [4.78, 5) is 4.01. The minimum atomic E-state index is -3.57. The molecular weight excluding hydrogens is 288 g/mol. The van der Waals surface area contributed by atoms with Gasteiger partial charge in [-0.1, -0.05) is 19.8 Å². The van der Waals surface area contributed by atoms with E-state index in [1.54, 1.807) is 18.2 Å². The molecule has 0 bridgehead atoms. The Kier molecular flexibility index (Phi) is 5.01. The first-order valence-corrected chi connectivity index (χ1v) is 8.46. The Labute approximate surface area is 125 Å².